The molecule has 2 aromatic heterocycles. The summed E-state index contributed by atoms with van der Waals surface area (Å²) in [6, 6.07) is 20.0. The van der Waals surface area contributed by atoms with Gasteiger partial charge in [0.2, 0.25) is 0 Å². The summed E-state index contributed by atoms with van der Waals surface area (Å²) >= 11 is 1.49. The van der Waals surface area contributed by atoms with Gasteiger partial charge in [-0.25, -0.2) is 4.98 Å². The first-order chi connectivity index (χ1) is 15.0. The maximum Gasteiger partial charge on any atom is 0.258 e. The van der Waals surface area contributed by atoms with Gasteiger partial charge in [-0.1, -0.05) is 60.2 Å². The number of aromatic amines is 1. The van der Waals surface area contributed by atoms with Crippen molar-refractivity contribution in [2.45, 2.75) is 32.6 Å². The molecule has 1 aliphatic rings. The first kappa shape index (κ1) is 19.6. The fourth-order valence-corrected chi connectivity index (χ4v) is 5.19. The number of nitrogens with one attached hydrogen (secondary N) is 1. The molecule has 31 heavy (non-hydrogen) atoms. The molecule has 4 nitrogen and oxygen atoms in total. The molecule has 0 aliphatic heterocycles. The highest BCUT2D eigenvalue weighted by molar-refractivity contribution is 7.15. The first-order valence-corrected chi connectivity index (χ1v) is 11.2. The van der Waals surface area contributed by atoms with Crippen molar-refractivity contribution in [3.63, 3.8) is 0 Å². The van der Waals surface area contributed by atoms with Gasteiger partial charge >= 0.3 is 0 Å². The van der Waals surface area contributed by atoms with E-state index in [9.17, 15) is 9.59 Å². The molecule has 0 radical (unpaired) electrons. The number of aromatic nitrogens is 2. The van der Waals surface area contributed by atoms with Gasteiger partial charge in [0.1, 0.15) is 5.01 Å². The molecule has 0 saturated carbocycles. The third kappa shape index (κ3) is 3.66. The van der Waals surface area contributed by atoms with Gasteiger partial charge in [-0.2, -0.15) is 0 Å². The van der Waals surface area contributed by atoms with E-state index in [1.807, 2.05) is 49.4 Å². The normalized spacial score (nSPS) is 15.7. The molecule has 1 N–H and O–H groups in total. The van der Waals surface area contributed by atoms with Crippen LogP contribution in [0.25, 0.3) is 21.8 Å². The Bertz CT molecular complexity index is 1330. The topological polar surface area (TPSA) is 62.8 Å². The average Bonchev–Trinajstić information content (AvgIpc) is 3.15. The van der Waals surface area contributed by atoms with E-state index in [0.717, 1.165) is 27.4 Å². The lowest BCUT2D eigenvalue weighted by molar-refractivity contribution is 0.0963. The minimum absolute atomic E-state index is 0.0691. The summed E-state index contributed by atoms with van der Waals surface area (Å²) in [7, 11) is 0. The molecule has 0 fully saturated rings. The lowest BCUT2D eigenvalue weighted by Crippen LogP contribution is -2.24. The Kier molecular flexibility index (Phi) is 4.91. The molecule has 1 atom stereocenters. The third-order valence-electron chi connectivity index (χ3n) is 5.93. The minimum atomic E-state index is -0.190. The van der Waals surface area contributed by atoms with Crippen LogP contribution in [-0.2, 0) is 6.42 Å². The molecule has 0 saturated heterocycles. The number of H-pyrrole nitrogens is 1. The van der Waals surface area contributed by atoms with Crippen molar-refractivity contribution in [3.8, 4) is 21.8 Å². The Hall–Kier alpha value is -3.31. The zero-order chi connectivity index (χ0) is 21.5. The maximum atomic E-state index is 13.0. The number of pyridine rings is 1. The number of Topliss-reactive ketones (excluding diaryl/α,β-unsaturated/α-hetero) is 1. The first-order valence-electron chi connectivity index (χ1n) is 10.4. The number of ketones is 1. The van der Waals surface area contributed by atoms with Gasteiger partial charge in [-0.15, -0.1) is 11.3 Å². The number of benzene rings is 2. The lowest BCUT2D eigenvalue weighted by Gasteiger charge is -2.24. The van der Waals surface area contributed by atoms with E-state index in [2.05, 4.69) is 24.0 Å². The van der Waals surface area contributed by atoms with Gasteiger partial charge in [0.25, 0.3) is 5.56 Å². The Labute approximate surface area is 184 Å². The second-order valence-corrected chi connectivity index (χ2v) is 9.34. The van der Waals surface area contributed by atoms with Crippen LogP contribution in [0.5, 0.6) is 0 Å². The highest BCUT2D eigenvalue weighted by Gasteiger charge is 2.28. The van der Waals surface area contributed by atoms with Gasteiger partial charge in [0.15, 0.2) is 5.78 Å². The number of hydrogen-bond acceptors (Lipinski definition) is 4. The van der Waals surface area contributed by atoms with Crippen molar-refractivity contribution >= 4 is 17.1 Å². The number of aryl methyl sites for hydroxylation is 2. The Morgan fingerprint density at radius 3 is 2.42 bits per heavy atom. The van der Waals surface area contributed by atoms with E-state index in [1.54, 1.807) is 6.07 Å². The average molecular weight is 427 g/mol. The molecule has 154 valence electrons. The largest absolute Gasteiger partial charge is 0.325 e. The molecular weight excluding hydrogens is 404 g/mol. The second kappa shape index (κ2) is 7.75. The lowest BCUT2D eigenvalue weighted by atomic mass is 9.81. The number of carbonyl (C=O) groups is 1. The van der Waals surface area contributed by atoms with Crippen LogP contribution in [0.15, 0.2) is 65.5 Å². The fraction of sp³-hybridized carbons (Fsp3) is 0.192. The molecule has 1 unspecified atom stereocenters. The SMILES string of the molecule is Cc1ccc(-c2nc(-c3cc4c([nH]c3=O)CC(c3ccccc3)CC4=O)sc2C)cc1. The molecule has 5 heteroatoms. The van der Waals surface area contributed by atoms with Gasteiger partial charge < -0.3 is 4.98 Å². The molecule has 2 aromatic carbocycles. The Morgan fingerprint density at radius 1 is 0.935 bits per heavy atom. The summed E-state index contributed by atoms with van der Waals surface area (Å²) in [5.74, 6) is 0.164. The zero-order valence-electron chi connectivity index (χ0n) is 17.4. The fourth-order valence-electron chi connectivity index (χ4n) is 4.24. The van der Waals surface area contributed by atoms with Crippen molar-refractivity contribution in [1.29, 1.82) is 0 Å². The summed E-state index contributed by atoms with van der Waals surface area (Å²) in [5, 5.41) is 0.648. The summed E-state index contributed by atoms with van der Waals surface area (Å²) < 4.78 is 0. The van der Waals surface area contributed by atoms with Crippen LogP contribution in [-0.4, -0.2) is 15.8 Å². The molecule has 4 aromatic rings. The number of carbonyl (C=O) groups excluding carboxylic acids is 1. The molecule has 5 rings (SSSR count). The van der Waals surface area contributed by atoms with Gasteiger partial charge in [-0.05, 0) is 37.8 Å². The number of rotatable bonds is 3. The molecule has 0 amide bonds. The minimum Gasteiger partial charge on any atom is -0.325 e. The molecule has 2 heterocycles. The number of nitrogens with zero attached hydrogens (tertiary/aromatic N) is 1. The van der Waals surface area contributed by atoms with E-state index >= 15 is 0 Å². The van der Waals surface area contributed by atoms with Crippen LogP contribution >= 0.6 is 11.3 Å². The van der Waals surface area contributed by atoms with Gasteiger partial charge in [0.05, 0.1) is 11.3 Å². The van der Waals surface area contributed by atoms with Crippen molar-refractivity contribution < 1.29 is 4.79 Å². The Morgan fingerprint density at radius 2 is 1.68 bits per heavy atom. The monoisotopic (exact) mass is 426 g/mol. The smallest absolute Gasteiger partial charge is 0.258 e. The van der Waals surface area contributed by atoms with Crippen molar-refractivity contribution in [2.75, 3.05) is 0 Å². The third-order valence-corrected chi connectivity index (χ3v) is 6.93. The molecule has 0 bridgehead atoms. The zero-order valence-corrected chi connectivity index (χ0v) is 18.3. The van der Waals surface area contributed by atoms with Crippen LogP contribution in [0.2, 0.25) is 0 Å². The highest BCUT2D eigenvalue weighted by atomic mass is 32.1. The molecular formula is C26H22N2O2S. The van der Waals surface area contributed by atoms with Crippen LogP contribution in [0, 0.1) is 13.8 Å². The predicted octanol–water partition coefficient (Wildman–Crippen LogP) is 5.69. The quantitative estimate of drug-likeness (QED) is 0.457. The van der Waals surface area contributed by atoms with Crippen LogP contribution < -0.4 is 5.56 Å². The van der Waals surface area contributed by atoms with E-state index < -0.39 is 0 Å². The summed E-state index contributed by atoms with van der Waals surface area (Å²) in [5.41, 5.74) is 5.85. The summed E-state index contributed by atoms with van der Waals surface area (Å²) in [6.45, 7) is 4.06. The maximum absolute atomic E-state index is 13.0. The van der Waals surface area contributed by atoms with E-state index in [1.165, 1.54) is 16.9 Å². The van der Waals surface area contributed by atoms with Gasteiger partial charge in [-0.3, -0.25) is 9.59 Å². The van der Waals surface area contributed by atoms with Crippen molar-refractivity contribution in [1.82, 2.24) is 9.97 Å². The number of hydrogen-bond donors (Lipinski definition) is 1. The number of fused-ring (bicyclic) bond motifs is 1. The van der Waals surface area contributed by atoms with Crippen molar-refractivity contribution in [3.05, 3.63) is 98.3 Å². The van der Waals surface area contributed by atoms with Crippen LogP contribution in [0.3, 0.4) is 0 Å². The molecule has 1 aliphatic carbocycles. The van der Waals surface area contributed by atoms with Crippen LogP contribution in [0.4, 0.5) is 0 Å². The highest BCUT2D eigenvalue weighted by Crippen LogP contribution is 2.35. The second-order valence-electron chi connectivity index (χ2n) is 8.13. The molecule has 0 spiro atoms. The summed E-state index contributed by atoms with van der Waals surface area (Å²) in [6.07, 6.45) is 1.11. The Balaban J connectivity index is 1.52. The van der Waals surface area contributed by atoms with E-state index in [4.69, 9.17) is 4.98 Å². The predicted molar refractivity (Wildman–Crippen MR) is 125 cm³/mol. The van der Waals surface area contributed by atoms with Crippen LogP contribution in [0.1, 0.15) is 44.4 Å². The number of thiazole rings is 1. The van der Waals surface area contributed by atoms with E-state index in [0.29, 0.717) is 29.0 Å². The van der Waals surface area contributed by atoms with Crippen molar-refractivity contribution in [2.24, 2.45) is 0 Å². The van der Waals surface area contributed by atoms with E-state index in [-0.39, 0.29) is 17.3 Å². The standard InChI is InChI=1S/C26H22N2O2S/c1-15-8-10-18(11-9-15)24-16(2)31-26(28-24)21-14-20-22(27-25(21)30)12-19(13-23(20)29)17-6-4-3-5-7-17/h3-11,14,19H,12-13H2,1-2H3,(H,27,30). The van der Waals surface area contributed by atoms with Gasteiger partial charge in [0, 0.05) is 28.1 Å². The summed E-state index contributed by atoms with van der Waals surface area (Å²) in [4.78, 5) is 34.7.